The molecule has 1 aromatic heterocycles. The van der Waals surface area contributed by atoms with Crippen LogP contribution in [0.5, 0.6) is 0 Å². The van der Waals surface area contributed by atoms with Gasteiger partial charge in [-0.1, -0.05) is 19.8 Å². The first kappa shape index (κ1) is 16.9. The van der Waals surface area contributed by atoms with Crippen LogP contribution in [-0.2, 0) is 9.59 Å². The Hall–Kier alpha value is -2.42. The van der Waals surface area contributed by atoms with Gasteiger partial charge in [-0.3, -0.25) is 4.79 Å². The molecule has 0 radical (unpaired) electrons. The molecule has 23 heavy (non-hydrogen) atoms. The van der Waals surface area contributed by atoms with Crippen LogP contribution in [-0.4, -0.2) is 44.9 Å². The van der Waals surface area contributed by atoms with E-state index in [4.69, 9.17) is 0 Å². The number of nitrogens with zero attached hydrogens (tertiary/aromatic N) is 3. The van der Waals surface area contributed by atoms with Gasteiger partial charge in [0.2, 0.25) is 11.7 Å². The van der Waals surface area contributed by atoms with Gasteiger partial charge in [0, 0.05) is 31.3 Å². The van der Waals surface area contributed by atoms with Crippen molar-refractivity contribution in [1.29, 1.82) is 0 Å². The molecule has 1 amide bonds. The summed E-state index contributed by atoms with van der Waals surface area (Å²) in [7, 11) is 1.57. The fourth-order valence-corrected chi connectivity index (χ4v) is 2.79. The Morgan fingerprint density at radius 1 is 1.30 bits per heavy atom. The van der Waals surface area contributed by atoms with E-state index >= 15 is 0 Å². The van der Waals surface area contributed by atoms with Gasteiger partial charge in [-0.25, -0.2) is 14.8 Å². The van der Waals surface area contributed by atoms with Crippen LogP contribution in [0.1, 0.15) is 32.5 Å². The maximum absolute atomic E-state index is 12.4. The Morgan fingerprint density at radius 2 is 1.91 bits per heavy atom. The molecular weight excluding hydrogens is 294 g/mol. The second kappa shape index (κ2) is 7.23. The van der Waals surface area contributed by atoms with Crippen molar-refractivity contribution in [2.45, 2.75) is 32.7 Å². The molecule has 1 atom stereocenters. The smallest absolute Gasteiger partial charge is 0.326 e. The maximum atomic E-state index is 12.4. The number of carboxylic acids is 1. The highest BCUT2D eigenvalue weighted by atomic mass is 16.4. The molecule has 0 aromatic carbocycles. The first-order valence-corrected chi connectivity index (χ1v) is 7.68. The molecule has 1 fully saturated rings. The molecule has 1 heterocycles. The Bertz CT molecular complexity index is 627. The quantitative estimate of drug-likeness (QED) is 0.850. The van der Waals surface area contributed by atoms with Gasteiger partial charge in [-0.05, 0) is 30.7 Å². The number of amides is 1. The molecule has 2 rings (SSSR count). The molecule has 0 bridgehead atoms. The van der Waals surface area contributed by atoms with Gasteiger partial charge in [-0.15, -0.1) is 0 Å². The van der Waals surface area contributed by atoms with Crippen molar-refractivity contribution in [2.75, 3.05) is 7.05 Å². The summed E-state index contributed by atoms with van der Waals surface area (Å²) in [5.74, 6) is 5.24. The van der Waals surface area contributed by atoms with E-state index in [-0.39, 0.29) is 23.7 Å². The lowest BCUT2D eigenvalue weighted by molar-refractivity contribution is -0.154. The summed E-state index contributed by atoms with van der Waals surface area (Å²) in [6, 6.07) is 0.942. The van der Waals surface area contributed by atoms with Crippen LogP contribution in [0.25, 0.3) is 0 Å². The summed E-state index contributed by atoms with van der Waals surface area (Å²) < 4.78 is 0. The average molecular weight is 315 g/mol. The minimum atomic E-state index is -0.965. The van der Waals surface area contributed by atoms with Crippen molar-refractivity contribution in [3.05, 3.63) is 24.3 Å². The molecule has 0 saturated heterocycles. The average Bonchev–Trinajstić information content (AvgIpc) is 2.45. The number of likely N-dealkylation sites (N-methyl/N-ethyl adjacent to an activating group) is 1. The monoisotopic (exact) mass is 315 g/mol. The van der Waals surface area contributed by atoms with Crippen molar-refractivity contribution >= 4 is 11.9 Å². The van der Waals surface area contributed by atoms with E-state index in [0.717, 1.165) is 0 Å². The molecule has 1 aliphatic carbocycles. The fraction of sp³-hybridized carbons (Fsp3) is 0.529. The molecule has 0 unspecified atom stereocenters. The molecule has 6 nitrogen and oxygen atoms in total. The number of hydrogen-bond donors (Lipinski definition) is 1. The molecule has 0 aliphatic heterocycles. The lowest BCUT2D eigenvalue weighted by Crippen LogP contribution is -2.50. The first-order chi connectivity index (χ1) is 10.9. The van der Waals surface area contributed by atoms with Crippen molar-refractivity contribution in [3.63, 3.8) is 0 Å². The van der Waals surface area contributed by atoms with Crippen molar-refractivity contribution in [1.82, 2.24) is 14.9 Å². The number of rotatable bonds is 4. The highest BCUT2D eigenvalue weighted by molar-refractivity contribution is 5.85. The van der Waals surface area contributed by atoms with Crippen LogP contribution in [0.3, 0.4) is 0 Å². The number of hydrogen-bond acceptors (Lipinski definition) is 4. The minimum absolute atomic E-state index is 0.111. The Balaban J connectivity index is 1.90. The molecule has 122 valence electrons. The van der Waals surface area contributed by atoms with Gasteiger partial charge < -0.3 is 10.0 Å². The van der Waals surface area contributed by atoms with Crippen molar-refractivity contribution in [2.24, 2.45) is 17.8 Å². The SMILES string of the molecule is CC(C)[C@@H](C(=O)O)N(C)C(=O)[C@H]1C[C@@H](C#Cc2ncccn2)C1. The van der Waals surface area contributed by atoms with Gasteiger partial charge in [0.15, 0.2) is 0 Å². The second-order valence-electron chi connectivity index (χ2n) is 6.18. The molecule has 1 aliphatic rings. The standard InChI is InChI=1S/C17H21N3O3/c1-11(2)15(17(22)23)20(3)16(21)13-9-12(10-13)5-6-14-18-7-4-8-19-14/h4,7-8,11-13,15H,9-10H2,1-3H3,(H,22,23)/t12-,13+,15-/m0/s1. The number of carboxylic acid groups (broad SMARTS) is 1. The zero-order valence-electron chi connectivity index (χ0n) is 13.6. The number of carbonyl (C=O) groups is 2. The van der Waals surface area contributed by atoms with Gasteiger partial charge in [0.25, 0.3) is 0 Å². The van der Waals surface area contributed by atoms with E-state index in [1.165, 1.54) is 4.90 Å². The van der Waals surface area contributed by atoms with Gasteiger partial charge in [0.1, 0.15) is 6.04 Å². The van der Waals surface area contributed by atoms with Crippen LogP contribution in [0.4, 0.5) is 0 Å². The van der Waals surface area contributed by atoms with Gasteiger partial charge >= 0.3 is 5.97 Å². The van der Waals surface area contributed by atoms with Gasteiger partial charge in [0.05, 0.1) is 0 Å². The Morgan fingerprint density at radius 3 is 2.43 bits per heavy atom. The topological polar surface area (TPSA) is 83.4 Å². The molecule has 1 aromatic rings. The number of aromatic nitrogens is 2. The fourth-order valence-electron chi connectivity index (χ4n) is 2.79. The summed E-state index contributed by atoms with van der Waals surface area (Å²) in [5, 5.41) is 9.27. The third-order valence-corrected chi connectivity index (χ3v) is 4.09. The summed E-state index contributed by atoms with van der Waals surface area (Å²) in [6.07, 6.45) is 4.59. The van der Waals surface area contributed by atoms with E-state index in [0.29, 0.717) is 18.7 Å². The van der Waals surface area contributed by atoms with Crippen LogP contribution in [0.15, 0.2) is 18.5 Å². The Kier molecular flexibility index (Phi) is 5.32. The van der Waals surface area contributed by atoms with E-state index < -0.39 is 12.0 Å². The van der Waals surface area contributed by atoms with E-state index in [1.807, 2.05) is 0 Å². The summed E-state index contributed by atoms with van der Waals surface area (Å²) in [5.41, 5.74) is 0. The van der Waals surface area contributed by atoms with Crippen LogP contribution < -0.4 is 0 Å². The highest BCUT2D eigenvalue weighted by Crippen LogP contribution is 2.35. The Labute approximate surface area is 135 Å². The number of aliphatic carboxylic acids is 1. The van der Waals surface area contributed by atoms with E-state index in [1.54, 1.807) is 39.4 Å². The van der Waals surface area contributed by atoms with Gasteiger partial charge in [-0.2, -0.15) is 0 Å². The molecular formula is C17H21N3O3. The third-order valence-electron chi connectivity index (χ3n) is 4.09. The zero-order chi connectivity index (χ0) is 17.0. The van der Waals surface area contributed by atoms with Crippen LogP contribution in [0.2, 0.25) is 0 Å². The first-order valence-electron chi connectivity index (χ1n) is 7.68. The lowest BCUT2D eigenvalue weighted by Gasteiger charge is -2.36. The predicted octanol–water partition coefficient (Wildman–Crippen LogP) is 1.42. The summed E-state index contributed by atoms with van der Waals surface area (Å²) in [4.78, 5) is 33.1. The van der Waals surface area contributed by atoms with E-state index in [9.17, 15) is 14.7 Å². The van der Waals surface area contributed by atoms with Crippen LogP contribution >= 0.6 is 0 Å². The van der Waals surface area contributed by atoms with Crippen molar-refractivity contribution < 1.29 is 14.7 Å². The van der Waals surface area contributed by atoms with Crippen molar-refractivity contribution in [3.8, 4) is 11.8 Å². The minimum Gasteiger partial charge on any atom is -0.480 e. The largest absolute Gasteiger partial charge is 0.480 e. The lowest BCUT2D eigenvalue weighted by atomic mass is 9.74. The molecule has 0 spiro atoms. The molecule has 1 saturated carbocycles. The summed E-state index contributed by atoms with van der Waals surface area (Å²) >= 11 is 0. The van der Waals surface area contributed by atoms with Crippen LogP contribution in [0, 0.1) is 29.6 Å². The molecule has 1 N–H and O–H groups in total. The number of carbonyl (C=O) groups excluding carboxylic acids is 1. The predicted molar refractivity (Wildman–Crippen MR) is 84.2 cm³/mol. The normalized spacial score (nSPS) is 20.9. The maximum Gasteiger partial charge on any atom is 0.326 e. The van der Waals surface area contributed by atoms with E-state index in [2.05, 4.69) is 21.8 Å². The summed E-state index contributed by atoms with van der Waals surface area (Å²) in [6.45, 7) is 3.61. The molecule has 6 heteroatoms. The zero-order valence-corrected chi connectivity index (χ0v) is 13.6. The third kappa shape index (κ3) is 4.07. The highest BCUT2D eigenvalue weighted by Gasteiger charge is 2.39. The second-order valence-corrected chi connectivity index (χ2v) is 6.18.